The fourth-order valence-corrected chi connectivity index (χ4v) is 3.47. The van der Waals surface area contributed by atoms with Gasteiger partial charge in [0.05, 0.1) is 23.1 Å². The zero-order valence-corrected chi connectivity index (χ0v) is 14.3. The smallest absolute Gasteiger partial charge is 0.101 e. The molecule has 23 heavy (non-hydrogen) atoms. The van der Waals surface area contributed by atoms with Gasteiger partial charge in [0.25, 0.3) is 0 Å². The van der Waals surface area contributed by atoms with E-state index in [9.17, 15) is 0 Å². The number of nitrogens with zero attached hydrogens (tertiary/aromatic N) is 1. The van der Waals surface area contributed by atoms with Gasteiger partial charge in [-0.05, 0) is 50.0 Å². The molecule has 2 atom stereocenters. The Bertz CT molecular complexity index is 642. The van der Waals surface area contributed by atoms with Gasteiger partial charge in [0.15, 0.2) is 0 Å². The van der Waals surface area contributed by atoms with Crippen LogP contribution in [-0.2, 0) is 0 Å². The number of para-hydroxylation sites is 2. The van der Waals surface area contributed by atoms with Crippen molar-refractivity contribution in [3.8, 4) is 0 Å². The van der Waals surface area contributed by atoms with Crippen molar-refractivity contribution in [2.45, 2.75) is 52.2 Å². The van der Waals surface area contributed by atoms with Gasteiger partial charge in [-0.3, -0.25) is 0 Å². The Labute approximate surface area is 139 Å². The van der Waals surface area contributed by atoms with Gasteiger partial charge in [0, 0.05) is 6.20 Å². The molecule has 1 aliphatic carbocycles. The molecule has 2 aliphatic heterocycles. The van der Waals surface area contributed by atoms with Crippen LogP contribution in [0.15, 0.2) is 60.0 Å². The molecular weight excluding hydrogens is 282 g/mol. The summed E-state index contributed by atoms with van der Waals surface area (Å²) in [6, 6.07) is 8.99. The van der Waals surface area contributed by atoms with E-state index in [1.807, 2.05) is 13.8 Å². The van der Waals surface area contributed by atoms with E-state index >= 15 is 0 Å². The summed E-state index contributed by atoms with van der Waals surface area (Å²) in [4.78, 5) is 2.37. The molecule has 1 aromatic carbocycles. The first-order valence-corrected chi connectivity index (χ1v) is 8.82. The van der Waals surface area contributed by atoms with Crippen molar-refractivity contribution in [3.63, 3.8) is 0 Å². The summed E-state index contributed by atoms with van der Waals surface area (Å²) in [7, 11) is 0. The minimum Gasteiger partial charge on any atom is -0.382 e. The number of fused-ring (bicyclic) bond motifs is 2. The molecule has 3 heteroatoms. The van der Waals surface area contributed by atoms with E-state index < -0.39 is 0 Å². The van der Waals surface area contributed by atoms with E-state index in [2.05, 4.69) is 71.2 Å². The van der Waals surface area contributed by atoms with Gasteiger partial charge in [-0.15, -0.1) is 0 Å². The molecular formula is C20H27N3. The summed E-state index contributed by atoms with van der Waals surface area (Å²) in [6.07, 6.45) is 13.0. The number of allylic oxidation sites excluding steroid dienone is 2. The number of hydrogen-bond donors (Lipinski definition) is 2. The Kier molecular flexibility index (Phi) is 4.75. The Morgan fingerprint density at radius 1 is 1.17 bits per heavy atom. The lowest BCUT2D eigenvalue weighted by molar-refractivity contribution is 0.590. The molecule has 4 rings (SSSR count). The zero-order valence-electron chi connectivity index (χ0n) is 14.3. The van der Waals surface area contributed by atoms with Crippen LogP contribution in [-0.4, -0.2) is 12.2 Å². The molecule has 0 radical (unpaired) electrons. The van der Waals surface area contributed by atoms with E-state index in [0.717, 1.165) is 0 Å². The summed E-state index contributed by atoms with van der Waals surface area (Å²) >= 11 is 0. The van der Waals surface area contributed by atoms with Gasteiger partial charge in [-0.25, -0.2) is 0 Å². The Morgan fingerprint density at radius 3 is 2.87 bits per heavy atom. The average molecular weight is 309 g/mol. The first-order valence-electron chi connectivity index (χ1n) is 8.82. The van der Waals surface area contributed by atoms with E-state index in [4.69, 9.17) is 0 Å². The third kappa shape index (κ3) is 3.00. The van der Waals surface area contributed by atoms with Gasteiger partial charge in [0.2, 0.25) is 0 Å². The van der Waals surface area contributed by atoms with Crippen LogP contribution in [0.25, 0.3) is 0 Å². The van der Waals surface area contributed by atoms with Gasteiger partial charge in [-0.2, -0.15) is 0 Å². The largest absolute Gasteiger partial charge is 0.382 e. The van der Waals surface area contributed by atoms with Crippen molar-refractivity contribution in [2.24, 2.45) is 0 Å². The summed E-state index contributed by atoms with van der Waals surface area (Å²) < 4.78 is 0. The highest BCUT2D eigenvalue weighted by molar-refractivity contribution is 5.79. The van der Waals surface area contributed by atoms with Gasteiger partial charge < -0.3 is 15.5 Å². The summed E-state index contributed by atoms with van der Waals surface area (Å²) in [5, 5.41) is 7.13. The third-order valence-electron chi connectivity index (χ3n) is 4.52. The fourth-order valence-electron chi connectivity index (χ4n) is 3.47. The molecule has 1 aromatic rings. The highest BCUT2D eigenvalue weighted by Gasteiger charge is 2.29. The van der Waals surface area contributed by atoms with Crippen LogP contribution in [0.1, 0.15) is 40.0 Å². The van der Waals surface area contributed by atoms with Crippen molar-refractivity contribution in [1.82, 2.24) is 5.32 Å². The number of dihydropyridines is 1. The Hall–Kier alpha value is -2.16. The SMILES string of the molecule is CC.CC1Nc2ccccc2N1C1=CNC2CCCC=CC2=C1. The van der Waals surface area contributed by atoms with E-state index in [1.54, 1.807) is 0 Å². The average Bonchev–Trinajstić information content (AvgIpc) is 2.77. The van der Waals surface area contributed by atoms with Crippen LogP contribution in [0.3, 0.4) is 0 Å². The zero-order chi connectivity index (χ0) is 16.2. The second-order valence-corrected chi connectivity index (χ2v) is 5.97. The third-order valence-corrected chi connectivity index (χ3v) is 4.52. The highest BCUT2D eigenvalue weighted by Crippen LogP contribution is 2.38. The molecule has 0 amide bonds. The quantitative estimate of drug-likeness (QED) is 0.782. The normalized spacial score (nSPS) is 24.7. The van der Waals surface area contributed by atoms with Crippen molar-refractivity contribution in [1.29, 1.82) is 0 Å². The van der Waals surface area contributed by atoms with E-state index in [-0.39, 0.29) is 6.17 Å². The van der Waals surface area contributed by atoms with Crippen molar-refractivity contribution in [3.05, 3.63) is 60.0 Å². The minimum atomic E-state index is 0.276. The fraction of sp³-hybridized carbons (Fsp3) is 0.400. The summed E-state index contributed by atoms with van der Waals surface area (Å²) in [5.74, 6) is 0. The van der Waals surface area contributed by atoms with Crippen LogP contribution in [0.5, 0.6) is 0 Å². The molecule has 3 aliphatic rings. The molecule has 122 valence electrons. The molecule has 2 unspecified atom stereocenters. The summed E-state index contributed by atoms with van der Waals surface area (Å²) in [6.45, 7) is 6.20. The molecule has 3 nitrogen and oxygen atoms in total. The molecule has 0 saturated heterocycles. The van der Waals surface area contributed by atoms with Gasteiger partial charge in [-0.1, -0.05) is 38.1 Å². The maximum Gasteiger partial charge on any atom is 0.101 e. The predicted octanol–water partition coefficient (Wildman–Crippen LogP) is 4.77. The molecule has 0 fully saturated rings. The second kappa shape index (κ2) is 6.95. The van der Waals surface area contributed by atoms with Crippen molar-refractivity contribution < 1.29 is 0 Å². The first kappa shape index (κ1) is 15.7. The van der Waals surface area contributed by atoms with Crippen LogP contribution >= 0.6 is 0 Å². The lowest BCUT2D eigenvalue weighted by atomic mass is 10.00. The minimum absolute atomic E-state index is 0.276. The number of rotatable bonds is 1. The molecule has 0 saturated carbocycles. The first-order chi connectivity index (χ1) is 11.3. The monoisotopic (exact) mass is 309 g/mol. The number of nitrogens with one attached hydrogen (secondary N) is 2. The standard InChI is InChI=1S/C18H21N3.C2H6/c1-13-20-17-9-5-6-10-18(17)21(13)15-11-14-7-3-2-4-8-16(14)19-12-15;1-2/h3,5-7,9-13,16,19-20H,2,4,8H2,1H3;1-2H3. The lowest BCUT2D eigenvalue weighted by Crippen LogP contribution is -2.36. The van der Waals surface area contributed by atoms with Crippen molar-refractivity contribution >= 4 is 11.4 Å². The molecule has 2 N–H and O–H groups in total. The van der Waals surface area contributed by atoms with Crippen LogP contribution in [0.2, 0.25) is 0 Å². The number of benzene rings is 1. The van der Waals surface area contributed by atoms with Crippen LogP contribution < -0.4 is 15.5 Å². The van der Waals surface area contributed by atoms with Crippen LogP contribution in [0.4, 0.5) is 11.4 Å². The lowest BCUT2D eigenvalue weighted by Gasteiger charge is -2.30. The molecule has 0 bridgehead atoms. The van der Waals surface area contributed by atoms with Gasteiger partial charge >= 0.3 is 0 Å². The predicted molar refractivity (Wildman–Crippen MR) is 99.4 cm³/mol. The van der Waals surface area contributed by atoms with Crippen LogP contribution in [0, 0.1) is 0 Å². The second-order valence-electron chi connectivity index (χ2n) is 5.97. The Morgan fingerprint density at radius 2 is 2.00 bits per heavy atom. The van der Waals surface area contributed by atoms with E-state index in [0.29, 0.717) is 6.04 Å². The maximum atomic E-state index is 3.59. The molecule has 2 heterocycles. The Balaban J connectivity index is 0.000000753. The van der Waals surface area contributed by atoms with E-state index in [1.165, 1.54) is 41.9 Å². The maximum absolute atomic E-state index is 3.59. The van der Waals surface area contributed by atoms with Crippen molar-refractivity contribution in [2.75, 3.05) is 10.2 Å². The summed E-state index contributed by atoms with van der Waals surface area (Å²) in [5.41, 5.74) is 5.10. The number of anilines is 2. The topological polar surface area (TPSA) is 27.3 Å². The van der Waals surface area contributed by atoms with Gasteiger partial charge in [0.1, 0.15) is 6.17 Å². The molecule has 0 aromatic heterocycles. The number of hydrogen-bond acceptors (Lipinski definition) is 3. The highest BCUT2D eigenvalue weighted by atomic mass is 15.3. The molecule has 0 spiro atoms.